The van der Waals surface area contributed by atoms with E-state index < -0.39 is 15.2 Å². The van der Waals surface area contributed by atoms with Crippen LogP contribution in [-0.2, 0) is 23.1 Å². The highest BCUT2D eigenvalue weighted by Crippen LogP contribution is 2.18. The third kappa shape index (κ3) is 3.35. The van der Waals surface area contributed by atoms with Crippen molar-refractivity contribution in [3.8, 4) is 0 Å². The molecule has 0 amide bonds. The van der Waals surface area contributed by atoms with Crippen molar-refractivity contribution < 1.29 is 12.8 Å². The summed E-state index contributed by atoms with van der Waals surface area (Å²) < 4.78 is 30.3. The Kier molecular flexibility index (Phi) is 4.45. The smallest absolute Gasteiger partial charge is 0.228 e. The van der Waals surface area contributed by atoms with Gasteiger partial charge in [-0.2, -0.15) is 4.31 Å². The fraction of sp³-hybridized carbons (Fsp3) is 0.273. The van der Waals surface area contributed by atoms with Gasteiger partial charge in [-0.05, 0) is 23.6 Å². The summed E-state index contributed by atoms with van der Waals surface area (Å²) in [5.74, 6) is 0.597. The van der Waals surface area contributed by atoms with Crippen molar-refractivity contribution in [1.29, 1.82) is 0 Å². The third-order valence-electron chi connectivity index (χ3n) is 2.36. The van der Waals surface area contributed by atoms with Gasteiger partial charge < -0.3 is 4.42 Å². The standard InChI is InChI=1S/C11H12ClNO3S2/c12-9-18(14,15)13(7-10-3-1-5-16-10)8-11-4-2-6-17-11/h1-6H,7-9H2. The SMILES string of the molecule is O=S(=O)(CCl)N(Cc1ccco1)Cc1cccs1. The minimum absolute atomic E-state index is 0.194. The Labute approximate surface area is 115 Å². The van der Waals surface area contributed by atoms with Crippen LogP contribution in [0, 0.1) is 0 Å². The maximum Gasteiger partial charge on any atom is 0.228 e. The van der Waals surface area contributed by atoms with E-state index in [0.717, 1.165) is 4.88 Å². The molecular weight excluding hydrogens is 294 g/mol. The Balaban J connectivity index is 2.18. The van der Waals surface area contributed by atoms with Crippen LogP contribution in [0.25, 0.3) is 0 Å². The maximum atomic E-state index is 11.9. The fourth-order valence-electron chi connectivity index (χ4n) is 1.47. The molecule has 0 bridgehead atoms. The predicted molar refractivity (Wildman–Crippen MR) is 71.9 cm³/mol. The Morgan fingerprint density at radius 1 is 1.28 bits per heavy atom. The minimum Gasteiger partial charge on any atom is -0.468 e. The maximum absolute atomic E-state index is 11.9. The van der Waals surface area contributed by atoms with Gasteiger partial charge in [-0.1, -0.05) is 6.07 Å². The quantitative estimate of drug-likeness (QED) is 0.771. The molecule has 2 heterocycles. The van der Waals surface area contributed by atoms with Gasteiger partial charge in [-0.3, -0.25) is 0 Å². The molecule has 0 aliphatic carbocycles. The molecule has 0 aliphatic rings. The summed E-state index contributed by atoms with van der Waals surface area (Å²) >= 11 is 7.02. The lowest BCUT2D eigenvalue weighted by Gasteiger charge is -2.18. The number of halogens is 1. The molecule has 18 heavy (non-hydrogen) atoms. The van der Waals surface area contributed by atoms with Gasteiger partial charge in [0, 0.05) is 11.4 Å². The molecule has 0 saturated heterocycles. The number of alkyl halides is 1. The number of hydrogen-bond acceptors (Lipinski definition) is 4. The van der Waals surface area contributed by atoms with Crippen LogP contribution < -0.4 is 0 Å². The first-order valence-corrected chi connectivity index (χ1v) is 8.23. The van der Waals surface area contributed by atoms with Crippen molar-refractivity contribution in [1.82, 2.24) is 4.31 Å². The van der Waals surface area contributed by atoms with Crippen LogP contribution in [0.5, 0.6) is 0 Å². The minimum atomic E-state index is -3.47. The molecular formula is C11H12ClNO3S2. The van der Waals surface area contributed by atoms with Crippen LogP contribution in [0.4, 0.5) is 0 Å². The van der Waals surface area contributed by atoms with Crippen LogP contribution in [0.15, 0.2) is 40.3 Å². The zero-order valence-electron chi connectivity index (χ0n) is 9.45. The second-order valence-corrected chi connectivity index (χ2v) is 7.23. The van der Waals surface area contributed by atoms with E-state index in [-0.39, 0.29) is 6.54 Å². The number of rotatable bonds is 6. The lowest BCUT2D eigenvalue weighted by atomic mass is 10.4. The van der Waals surface area contributed by atoms with Gasteiger partial charge in [0.1, 0.15) is 11.0 Å². The van der Waals surface area contributed by atoms with E-state index in [4.69, 9.17) is 16.0 Å². The molecule has 0 fully saturated rings. The highest BCUT2D eigenvalue weighted by atomic mass is 35.5. The zero-order chi connectivity index (χ0) is 13.0. The summed E-state index contributed by atoms with van der Waals surface area (Å²) in [5, 5.41) is 1.48. The summed E-state index contributed by atoms with van der Waals surface area (Å²) in [4.78, 5) is 0.968. The van der Waals surface area contributed by atoms with Crippen LogP contribution in [0.3, 0.4) is 0 Å². The summed E-state index contributed by atoms with van der Waals surface area (Å²) in [7, 11) is -3.47. The number of furan rings is 1. The second-order valence-electron chi connectivity index (χ2n) is 3.65. The number of hydrogen-bond donors (Lipinski definition) is 0. The number of sulfonamides is 1. The molecule has 0 spiro atoms. The van der Waals surface area contributed by atoms with Gasteiger partial charge >= 0.3 is 0 Å². The molecule has 7 heteroatoms. The fourth-order valence-corrected chi connectivity index (χ4v) is 3.49. The Hall–Kier alpha value is -0.820. The first-order chi connectivity index (χ1) is 8.62. The molecule has 2 aromatic heterocycles. The number of thiophene rings is 1. The molecule has 0 aromatic carbocycles. The van der Waals surface area contributed by atoms with Crippen molar-refractivity contribution in [2.75, 3.05) is 5.21 Å². The molecule has 4 nitrogen and oxygen atoms in total. The summed E-state index contributed by atoms with van der Waals surface area (Å²) in [6.07, 6.45) is 1.52. The van der Waals surface area contributed by atoms with Crippen molar-refractivity contribution in [2.24, 2.45) is 0 Å². The molecule has 98 valence electrons. The Bertz CT molecular complexity index is 527. The molecule has 0 radical (unpaired) electrons. The highest BCUT2D eigenvalue weighted by molar-refractivity contribution is 7.90. The lowest BCUT2D eigenvalue weighted by molar-refractivity contribution is 0.362. The summed E-state index contributed by atoms with van der Waals surface area (Å²) in [6.45, 7) is 0.507. The van der Waals surface area contributed by atoms with Crippen molar-refractivity contribution >= 4 is 33.0 Å². The van der Waals surface area contributed by atoms with Crippen LogP contribution in [0.2, 0.25) is 0 Å². The topological polar surface area (TPSA) is 50.5 Å². The Morgan fingerprint density at radius 2 is 2.11 bits per heavy atom. The highest BCUT2D eigenvalue weighted by Gasteiger charge is 2.22. The van der Waals surface area contributed by atoms with Gasteiger partial charge in [0.15, 0.2) is 0 Å². The lowest BCUT2D eigenvalue weighted by Crippen LogP contribution is -2.30. The van der Waals surface area contributed by atoms with Crippen molar-refractivity contribution in [3.05, 3.63) is 46.5 Å². The van der Waals surface area contributed by atoms with E-state index in [1.54, 1.807) is 12.1 Å². The van der Waals surface area contributed by atoms with Gasteiger partial charge in [-0.15, -0.1) is 22.9 Å². The third-order valence-corrected chi connectivity index (χ3v) is 5.37. The molecule has 0 aliphatic heterocycles. The van der Waals surface area contributed by atoms with E-state index in [1.165, 1.54) is 21.9 Å². The average Bonchev–Trinajstić information content (AvgIpc) is 3.01. The average molecular weight is 306 g/mol. The summed E-state index contributed by atoms with van der Waals surface area (Å²) in [5.41, 5.74) is 0. The van der Waals surface area contributed by atoms with E-state index in [0.29, 0.717) is 12.3 Å². The molecule has 0 unspecified atom stereocenters. The van der Waals surface area contributed by atoms with E-state index >= 15 is 0 Å². The van der Waals surface area contributed by atoms with Gasteiger partial charge in [0.2, 0.25) is 10.0 Å². The van der Waals surface area contributed by atoms with E-state index in [2.05, 4.69) is 0 Å². The monoisotopic (exact) mass is 305 g/mol. The molecule has 0 saturated carbocycles. The van der Waals surface area contributed by atoms with Crippen LogP contribution in [0.1, 0.15) is 10.6 Å². The molecule has 2 aromatic rings. The van der Waals surface area contributed by atoms with E-state index in [9.17, 15) is 8.42 Å². The van der Waals surface area contributed by atoms with Crippen LogP contribution in [-0.4, -0.2) is 17.9 Å². The van der Waals surface area contributed by atoms with Gasteiger partial charge in [-0.25, -0.2) is 8.42 Å². The molecule has 0 atom stereocenters. The zero-order valence-corrected chi connectivity index (χ0v) is 11.8. The Morgan fingerprint density at radius 3 is 2.67 bits per heavy atom. The van der Waals surface area contributed by atoms with Crippen LogP contribution >= 0.6 is 22.9 Å². The first kappa shape index (κ1) is 13.6. The normalized spacial score (nSPS) is 12.1. The van der Waals surface area contributed by atoms with Gasteiger partial charge in [0.05, 0.1) is 12.8 Å². The first-order valence-electron chi connectivity index (χ1n) is 5.20. The second kappa shape index (κ2) is 5.88. The van der Waals surface area contributed by atoms with Gasteiger partial charge in [0.25, 0.3) is 0 Å². The van der Waals surface area contributed by atoms with E-state index in [1.807, 2.05) is 17.5 Å². The largest absolute Gasteiger partial charge is 0.468 e. The van der Waals surface area contributed by atoms with Crippen molar-refractivity contribution in [3.63, 3.8) is 0 Å². The van der Waals surface area contributed by atoms with Crippen molar-refractivity contribution in [2.45, 2.75) is 13.1 Å². The molecule has 0 N–H and O–H groups in total. The molecule has 2 rings (SSSR count). The summed E-state index contributed by atoms with van der Waals surface area (Å²) in [6, 6.07) is 7.25. The predicted octanol–water partition coefficient (Wildman–Crippen LogP) is 2.87. The number of nitrogens with zero attached hydrogens (tertiary/aromatic N) is 1.